The highest BCUT2D eigenvalue weighted by Crippen LogP contribution is 2.37. The van der Waals surface area contributed by atoms with E-state index < -0.39 is 0 Å². The zero-order chi connectivity index (χ0) is 20.4. The van der Waals surface area contributed by atoms with E-state index in [0.717, 1.165) is 27.8 Å². The fraction of sp³-hybridized carbons (Fsp3) is 0.190. The molecule has 29 heavy (non-hydrogen) atoms. The van der Waals surface area contributed by atoms with Gasteiger partial charge in [-0.3, -0.25) is 14.9 Å². The van der Waals surface area contributed by atoms with Crippen molar-refractivity contribution in [3.8, 4) is 17.0 Å². The van der Waals surface area contributed by atoms with Crippen molar-refractivity contribution in [1.82, 2.24) is 4.98 Å². The van der Waals surface area contributed by atoms with Crippen molar-refractivity contribution in [3.63, 3.8) is 0 Å². The van der Waals surface area contributed by atoms with E-state index in [-0.39, 0.29) is 18.4 Å². The number of amides is 2. The van der Waals surface area contributed by atoms with Gasteiger partial charge in [0.1, 0.15) is 5.75 Å². The Morgan fingerprint density at radius 2 is 2.14 bits per heavy atom. The normalized spacial score (nSPS) is 13.0. The third-order valence-corrected chi connectivity index (χ3v) is 5.94. The van der Waals surface area contributed by atoms with Gasteiger partial charge in [0, 0.05) is 22.0 Å². The number of halogens is 1. The molecule has 8 heteroatoms. The third-order valence-electron chi connectivity index (χ3n) is 4.49. The van der Waals surface area contributed by atoms with Gasteiger partial charge in [-0.15, -0.1) is 11.3 Å². The highest BCUT2D eigenvalue weighted by molar-refractivity contribution is 9.10. The van der Waals surface area contributed by atoms with Gasteiger partial charge in [0.25, 0.3) is 11.8 Å². The molecule has 0 atom stereocenters. The third kappa shape index (κ3) is 4.04. The second kappa shape index (κ2) is 8.34. The molecule has 0 fully saturated rings. The standard InChI is InChI=1S/C21H18BrN3O3S/c1-2-9-25-17-10-13(7-8-18(17)28-11-19(25)26)16-12-29-21(23-16)24-20(27)14-5-3-4-6-15(14)22/h3-8,10,12H,2,9,11H2,1H3,(H,23,24,27). The van der Waals surface area contributed by atoms with Crippen LogP contribution in [0.4, 0.5) is 10.8 Å². The highest BCUT2D eigenvalue weighted by Gasteiger charge is 2.25. The van der Waals surface area contributed by atoms with E-state index in [1.807, 2.05) is 48.7 Å². The second-order valence-electron chi connectivity index (χ2n) is 6.49. The van der Waals surface area contributed by atoms with Gasteiger partial charge in [0.15, 0.2) is 11.7 Å². The largest absolute Gasteiger partial charge is 0.482 e. The zero-order valence-corrected chi connectivity index (χ0v) is 18.0. The average Bonchev–Trinajstić information content (AvgIpc) is 3.18. The minimum Gasteiger partial charge on any atom is -0.482 e. The Bertz CT molecular complexity index is 1080. The first-order chi connectivity index (χ1) is 14.1. The van der Waals surface area contributed by atoms with Gasteiger partial charge in [-0.1, -0.05) is 19.1 Å². The van der Waals surface area contributed by atoms with Crippen molar-refractivity contribution >= 4 is 49.9 Å². The summed E-state index contributed by atoms with van der Waals surface area (Å²) in [5.74, 6) is 0.424. The van der Waals surface area contributed by atoms with E-state index in [0.29, 0.717) is 23.0 Å². The molecule has 1 N–H and O–H groups in total. The van der Waals surface area contributed by atoms with Gasteiger partial charge in [-0.2, -0.15) is 0 Å². The highest BCUT2D eigenvalue weighted by atomic mass is 79.9. The van der Waals surface area contributed by atoms with Gasteiger partial charge in [-0.05, 0) is 52.7 Å². The summed E-state index contributed by atoms with van der Waals surface area (Å²) in [5, 5.41) is 5.23. The fourth-order valence-corrected chi connectivity index (χ4v) is 4.28. The molecule has 2 heterocycles. The zero-order valence-electron chi connectivity index (χ0n) is 15.6. The van der Waals surface area contributed by atoms with Crippen LogP contribution in [0.25, 0.3) is 11.3 Å². The molecule has 1 aromatic heterocycles. The van der Waals surface area contributed by atoms with Crippen LogP contribution in [0.1, 0.15) is 23.7 Å². The minimum atomic E-state index is -0.225. The number of anilines is 2. The molecule has 2 aromatic carbocycles. The predicted molar refractivity (Wildman–Crippen MR) is 118 cm³/mol. The Morgan fingerprint density at radius 3 is 2.93 bits per heavy atom. The van der Waals surface area contributed by atoms with Gasteiger partial charge >= 0.3 is 0 Å². The Labute approximate surface area is 180 Å². The summed E-state index contributed by atoms with van der Waals surface area (Å²) in [6.07, 6.45) is 0.858. The molecule has 4 rings (SSSR count). The quantitative estimate of drug-likeness (QED) is 0.570. The van der Waals surface area contributed by atoms with E-state index in [2.05, 4.69) is 26.2 Å². The first-order valence-corrected chi connectivity index (χ1v) is 10.8. The van der Waals surface area contributed by atoms with Crippen molar-refractivity contribution in [3.05, 3.63) is 57.9 Å². The van der Waals surface area contributed by atoms with Crippen LogP contribution in [0.15, 0.2) is 52.3 Å². The topological polar surface area (TPSA) is 71.5 Å². The number of rotatable bonds is 5. The van der Waals surface area contributed by atoms with Crippen molar-refractivity contribution in [2.75, 3.05) is 23.4 Å². The summed E-state index contributed by atoms with van der Waals surface area (Å²) in [4.78, 5) is 31.0. The maximum Gasteiger partial charge on any atom is 0.265 e. The molecule has 3 aromatic rings. The van der Waals surface area contributed by atoms with Crippen LogP contribution in [0.5, 0.6) is 5.75 Å². The van der Waals surface area contributed by atoms with Crippen molar-refractivity contribution in [2.45, 2.75) is 13.3 Å². The summed E-state index contributed by atoms with van der Waals surface area (Å²) in [5.41, 5.74) is 2.90. The molecule has 6 nitrogen and oxygen atoms in total. The first kappa shape index (κ1) is 19.6. The van der Waals surface area contributed by atoms with Crippen LogP contribution in [-0.2, 0) is 4.79 Å². The molecule has 0 radical (unpaired) electrons. The lowest BCUT2D eigenvalue weighted by molar-refractivity contribution is -0.121. The number of hydrogen-bond acceptors (Lipinski definition) is 5. The van der Waals surface area contributed by atoms with Gasteiger partial charge in [-0.25, -0.2) is 4.98 Å². The molecule has 0 saturated heterocycles. The molecule has 2 amide bonds. The van der Waals surface area contributed by atoms with Crippen LogP contribution in [0, 0.1) is 0 Å². The van der Waals surface area contributed by atoms with Crippen LogP contribution in [-0.4, -0.2) is 29.9 Å². The molecule has 0 bridgehead atoms. The Hall–Kier alpha value is -2.71. The maximum atomic E-state index is 12.5. The first-order valence-electron chi connectivity index (χ1n) is 9.16. The predicted octanol–water partition coefficient (Wildman–Crippen LogP) is 4.96. The molecule has 0 saturated carbocycles. The lowest BCUT2D eigenvalue weighted by Crippen LogP contribution is -2.39. The molecule has 0 spiro atoms. The van der Waals surface area contributed by atoms with E-state index in [4.69, 9.17) is 4.74 Å². The smallest absolute Gasteiger partial charge is 0.265 e. The van der Waals surface area contributed by atoms with Gasteiger partial charge in [0.05, 0.1) is 16.9 Å². The van der Waals surface area contributed by atoms with Gasteiger partial charge in [0.2, 0.25) is 0 Å². The Balaban J connectivity index is 1.58. The number of benzene rings is 2. The fourth-order valence-electron chi connectivity index (χ4n) is 3.10. The molecule has 0 unspecified atom stereocenters. The molecule has 1 aliphatic heterocycles. The molecular formula is C21H18BrN3O3S. The Kier molecular flexibility index (Phi) is 5.64. The average molecular weight is 472 g/mol. The van der Waals surface area contributed by atoms with Crippen LogP contribution in [0.3, 0.4) is 0 Å². The maximum absolute atomic E-state index is 12.5. The molecule has 1 aliphatic rings. The monoisotopic (exact) mass is 471 g/mol. The second-order valence-corrected chi connectivity index (χ2v) is 8.20. The van der Waals surface area contributed by atoms with Gasteiger partial charge < -0.3 is 9.64 Å². The lowest BCUT2D eigenvalue weighted by Gasteiger charge is -2.29. The number of thiazole rings is 1. The van der Waals surface area contributed by atoms with E-state index in [1.165, 1.54) is 11.3 Å². The number of nitrogens with zero attached hydrogens (tertiary/aromatic N) is 2. The van der Waals surface area contributed by atoms with E-state index in [9.17, 15) is 9.59 Å². The van der Waals surface area contributed by atoms with Crippen LogP contribution in [0.2, 0.25) is 0 Å². The summed E-state index contributed by atoms with van der Waals surface area (Å²) < 4.78 is 6.28. The SMILES string of the molecule is CCCN1C(=O)COc2ccc(-c3csc(NC(=O)c4ccccc4Br)n3)cc21. The molecule has 148 valence electrons. The summed E-state index contributed by atoms with van der Waals surface area (Å²) in [7, 11) is 0. The molecule has 0 aliphatic carbocycles. The number of carbonyl (C=O) groups excluding carboxylic acids is 2. The van der Waals surface area contributed by atoms with Crippen molar-refractivity contribution in [2.24, 2.45) is 0 Å². The lowest BCUT2D eigenvalue weighted by atomic mass is 10.1. The van der Waals surface area contributed by atoms with Crippen LogP contribution < -0.4 is 15.0 Å². The summed E-state index contributed by atoms with van der Waals surface area (Å²) in [6, 6.07) is 12.9. The summed E-state index contributed by atoms with van der Waals surface area (Å²) in [6.45, 7) is 2.74. The van der Waals surface area contributed by atoms with Crippen molar-refractivity contribution < 1.29 is 14.3 Å². The number of hydrogen-bond donors (Lipinski definition) is 1. The Morgan fingerprint density at radius 1 is 1.31 bits per heavy atom. The number of fused-ring (bicyclic) bond motifs is 1. The minimum absolute atomic E-state index is 0.0452. The van der Waals surface area contributed by atoms with Crippen LogP contribution >= 0.6 is 27.3 Å². The van der Waals surface area contributed by atoms with Crippen molar-refractivity contribution in [1.29, 1.82) is 0 Å². The van der Waals surface area contributed by atoms with E-state index >= 15 is 0 Å². The number of carbonyl (C=O) groups is 2. The number of aromatic nitrogens is 1. The summed E-state index contributed by atoms with van der Waals surface area (Å²) >= 11 is 4.74. The molecular weight excluding hydrogens is 454 g/mol. The number of ether oxygens (including phenoxy) is 1. The van der Waals surface area contributed by atoms with E-state index in [1.54, 1.807) is 11.0 Å². The number of nitrogens with one attached hydrogen (secondary N) is 1.